The zero-order chi connectivity index (χ0) is 18.1. The van der Waals surface area contributed by atoms with E-state index in [4.69, 9.17) is 0 Å². The highest BCUT2D eigenvalue weighted by Gasteiger charge is 2.11. The van der Waals surface area contributed by atoms with E-state index in [9.17, 15) is 9.18 Å². The van der Waals surface area contributed by atoms with Crippen LogP contribution in [-0.2, 0) is 11.3 Å². The molecule has 0 radical (unpaired) electrons. The number of anilines is 1. The molecule has 3 aromatic heterocycles. The van der Waals surface area contributed by atoms with E-state index in [1.54, 1.807) is 18.3 Å². The van der Waals surface area contributed by atoms with E-state index < -0.39 is 0 Å². The highest BCUT2D eigenvalue weighted by molar-refractivity contribution is 5.88. The molecule has 0 unspecified atom stereocenters. The van der Waals surface area contributed by atoms with E-state index in [1.807, 2.05) is 13.0 Å². The second kappa shape index (κ2) is 6.31. The Morgan fingerprint density at radius 2 is 2.15 bits per heavy atom. The Kier molecular flexibility index (Phi) is 3.84. The first kappa shape index (κ1) is 15.8. The van der Waals surface area contributed by atoms with Crippen molar-refractivity contribution in [3.63, 3.8) is 0 Å². The summed E-state index contributed by atoms with van der Waals surface area (Å²) in [6, 6.07) is 8.20. The lowest BCUT2D eigenvalue weighted by Gasteiger charge is -2.06. The fraction of sp³-hybridized carbons (Fsp3) is 0.125. The summed E-state index contributed by atoms with van der Waals surface area (Å²) in [5.74, 6) is -0.495. The van der Waals surface area contributed by atoms with E-state index >= 15 is 0 Å². The quantitative estimate of drug-likeness (QED) is 0.597. The molecule has 0 aliphatic carbocycles. The van der Waals surface area contributed by atoms with Gasteiger partial charge in [-0.3, -0.25) is 10.1 Å². The molecule has 1 aromatic carbocycles. The molecular formula is C16H13FN8O. The molecule has 3 heterocycles. The Hall–Kier alpha value is -3.69. The number of pyridine rings is 1. The minimum absolute atomic E-state index is 0.0453. The van der Waals surface area contributed by atoms with Crippen molar-refractivity contribution in [1.82, 2.24) is 34.8 Å². The number of nitrogens with zero attached hydrogens (tertiary/aromatic N) is 7. The Morgan fingerprint density at radius 1 is 1.27 bits per heavy atom. The van der Waals surface area contributed by atoms with E-state index in [0.29, 0.717) is 5.65 Å². The molecule has 0 saturated carbocycles. The Labute approximate surface area is 146 Å². The summed E-state index contributed by atoms with van der Waals surface area (Å²) < 4.78 is 16.4. The van der Waals surface area contributed by atoms with Crippen LogP contribution in [0.2, 0.25) is 0 Å². The number of hydrogen-bond acceptors (Lipinski definition) is 6. The van der Waals surface area contributed by atoms with Gasteiger partial charge in [-0.1, -0.05) is 6.07 Å². The first-order chi connectivity index (χ1) is 12.6. The predicted molar refractivity (Wildman–Crippen MR) is 89.6 cm³/mol. The van der Waals surface area contributed by atoms with Gasteiger partial charge in [-0.2, -0.15) is 4.98 Å². The number of fused-ring (bicyclic) bond motifs is 1. The lowest BCUT2D eigenvalue weighted by atomic mass is 10.0. The Bertz CT molecular complexity index is 1090. The first-order valence-electron chi connectivity index (χ1n) is 7.72. The summed E-state index contributed by atoms with van der Waals surface area (Å²) in [5.41, 5.74) is 3.07. The van der Waals surface area contributed by atoms with Crippen molar-refractivity contribution in [1.29, 1.82) is 0 Å². The van der Waals surface area contributed by atoms with Gasteiger partial charge in [-0.25, -0.2) is 13.6 Å². The molecule has 0 atom stereocenters. The Balaban J connectivity index is 1.59. The summed E-state index contributed by atoms with van der Waals surface area (Å²) >= 11 is 0. The molecule has 9 nitrogen and oxygen atoms in total. The van der Waals surface area contributed by atoms with Crippen molar-refractivity contribution < 1.29 is 9.18 Å². The van der Waals surface area contributed by atoms with Crippen molar-refractivity contribution in [3.8, 4) is 11.1 Å². The molecule has 0 saturated heterocycles. The minimum atomic E-state index is -0.352. The van der Waals surface area contributed by atoms with Gasteiger partial charge >= 0.3 is 0 Å². The number of nitrogens with one attached hydrogen (secondary N) is 1. The molecule has 0 aliphatic heterocycles. The highest BCUT2D eigenvalue weighted by Crippen LogP contribution is 2.24. The van der Waals surface area contributed by atoms with Gasteiger partial charge in [0.25, 0.3) is 0 Å². The van der Waals surface area contributed by atoms with Gasteiger partial charge in [0.15, 0.2) is 5.65 Å². The molecule has 1 amide bonds. The van der Waals surface area contributed by atoms with Crippen molar-refractivity contribution in [2.45, 2.75) is 13.5 Å². The normalized spacial score (nSPS) is 11.0. The van der Waals surface area contributed by atoms with Gasteiger partial charge in [0.2, 0.25) is 11.9 Å². The molecule has 0 spiro atoms. The number of amides is 1. The van der Waals surface area contributed by atoms with E-state index in [-0.39, 0.29) is 24.2 Å². The molecule has 0 aliphatic rings. The van der Waals surface area contributed by atoms with Crippen LogP contribution in [-0.4, -0.2) is 40.7 Å². The van der Waals surface area contributed by atoms with Crippen LogP contribution < -0.4 is 5.32 Å². The smallest absolute Gasteiger partial charge is 0.249 e. The fourth-order valence-electron chi connectivity index (χ4n) is 2.56. The second-order valence-electron chi connectivity index (χ2n) is 5.67. The third-order valence-corrected chi connectivity index (χ3v) is 3.79. The zero-order valence-corrected chi connectivity index (χ0v) is 13.7. The van der Waals surface area contributed by atoms with Crippen molar-refractivity contribution in [3.05, 3.63) is 54.2 Å². The van der Waals surface area contributed by atoms with E-state index in [0.717, 1.165) is 16.7 Å². The maximum Gasteiger partial charge on any atom is 0.249 e. The topological polar surface area (TPSA) is 103 Å². The van der Waals surface area contributed by atoms with Crippen molar-refractivity contribution >= 4 is 17.5 Å². The average Bonchev–Trinajstić information content (AvgIpc) is 3.25. The molecule has 1 N–H and O–H groups in total. The summed E-state index contributed by atoms with van der Waals surface area (Å²) in [4.78, 5) is 16.2. The van der Waals surface area contributed by atoms with Crippen molar-refractivity contribution in [2.75, 3.05) is 5.32 Å². The molecule has 26 heavy (non-hydrogen) atoms. The molecule has 0 bridgehead atoms. The summed E-state index contributed by atoms with van der Waals surface area (Å²) in [6.45, 7) is 1.86. The number of aryl methyl sites for hydroxylation is 1. The van der Waals surface area contributed by atoms with Gasteiger partial charge in [-0.05, 0) is 52.7 Å². The average molecular weight is 352 g/mol. The van der Waals surface area contributed by atoms with Crippen LogP contribution in [0.5, 0.6) is 0 Å². The molecule has 0 fully saturated rings. The van der Waals surface area contributed by atoms with Gasteiger partial charge in [0.1, 0.15) is 18.7 Å². The first-order valence-corrected chi connectivity index (χ1v) is 7.72. The molecular weight excluding hydrogens is 339 g/mol. The maximum absolute atomic E-state index is 13.6. The molecule has 4 aromatic rings. The number of benzene rings is 1. The third kappa shape index (κ3) is 3.11. The summed E-state index contributed by atoms with van der Waals surface area (Å²) in [6.07, 6.45) is 3.07. The third-order valence-electron chi connectivity index (χ3n) is 3.79. The van der Waals surface area contributed by atoms with Gasteiger partial charge < -0.3 is 0 Å². The van der Waals surface area contributed by atoms with Gasteiger partial charge in [-0.15, -0.1) is 10.2 Å². The molecule has 10 heteroatoms. The SMILES string of the molecule is Cc1ccc(F)cc1-c1ccc2nc(NC(=O)Cn3cnnn3)nn2c1. The highest BCUT2D eigenvalue weighted by atomic mass is 19.1. The number of carbonyl (C=O) groups excluding carboxylic acids is 1. The monoisotopic (exact) mass is 352 g/mol. The standard InChI is InChI=1S/C16H13FN8O/c1-10-2-4-12(17)6-13(10)11-3-5-14-19-16(21-25(14)7-11)20-15(26)8-24-9-18-22-23-24/h2-7,9H,8H2,1H3,(H,20,21,26). The maximum atomic E-state index is 13.6. The fourth-order valence-corrected chi connectivity index (χ4v) is 2.56. The number of carbonyl (C=O) groups is 1. The van der Waals surface area contributed by atoms with Crippen LogP contribution in [0.4, 0.5) is 10.3 Å². The number of tetrazole rings is 1. The van der Waals surface area contributed by atoms with Gasteiger partial charge in [0.05, 0.1) is 0 Å². The van der Waals surface area contributed by atoms with Crippen LogP contribution in [0.1, 0.15) is 5.56 Å². The van der Waals surface area contributed by atoms with Gasteiger partial charge in [0, 0.05) is 11.8 Å². The van der Waals surface area contributed by atoms with E-state index in [1.165, 1.54) is 27.7 Å². The number of aromatic nitrogens is 7. The van der Waals surface area contributed by atoms with Crippen LogP contribution in [0.15, 0.2) is 42.9 Å². The van der Waals surface area contributed by atoms with Crippen LogP contribution >= 0.6 is 0 Å². The lowest BCUT2D eigenvalue weighted by molar-refractivity contribution is -0.117. The molecule has 4 rings (SSSR count). The van der Waals surface area contributed by atoms with Crippen LogP contribution in [0, 0.1) is 12.7 Å². The zero-order valence-electron chi connectivity index (χ0n) is 13.7. The number of halogens is 1. The number of hydrogen-bond donors (Lipinski definition) is 1. The Morgan fingerprint density at radius 3 is 2.96 bits per heavy atom. The predicted octanol–water partition coefficient (Wildman–Crippen LogP) is 1.47. The van der Waals surface area contributed by atoms with Crippen molar-refractivity contribution in [2.24, 2.45) is 0 Å². The summed E-state index contributed by atoms with van der Waals surface area (Å²) in [5, 5.41) is 17.4. The minimum Gasteiger partial charge on any atom is -0.292 e. The summed E-state index contributed by atoms with van der Waals surface area (Å²) in [7, 11) is 0. The van der Waals surface area contributed by atoms with Crippen LogP contribution in [0.3, 0.4) is 0 Å². The lowest BCUT2D eigenvalue weighted by Crippen LogP contribution is -2.19. The van der Waals surface area contributed by atoms with Crippen LogP contribution in [0.25, 0.3) is 16.8 Å². The number of rotatable bonds is 4. The largest absolute Gasteiger partial charge is 0.292 e. The van der Waals surface area contributed by atoms with E-state index in [2.05, 4.69) is 30.9 Å². The second-order valence-corrected chi connectivity index (χ2v) is 5.67. The molecule has 130 valence electrons.